The highest BCUT2D eigenvalue weighted by Gasteiger charge is 2.42. The summed E-state index contributed by atoms with van der Waals surface area (Å²) in [5, 5.41) is 11.4. The lowest BCUT2D eigenvalue weighted by Gasteiger charge is -2.41. The number of hydrogen-bond acceptors (Lipinski definition) is 3. The summed E-state index contributed by atoms with van der Waals surface area (Å²) in [7, 11) is 0. The first-order chi connectivity index (χ1) is 15.3. The quantitative estimate of drug-likeness (QED) is 0.371. The van der Waals surface area contributed by atoms with Crippen LogP contribution in [-0.4, -0.2) is 29.5 Å². The van der Waals surface area contributed by atoms with E-state index >= 15 is 0 Å². The van der Waals surface area contributed by atoms with E-state index in [1.165, 1.54) is 29.1 Å². The standard InChI is InChI=1S/C25H29ClN4O2/c1-16-13-20-19-7-4-5-8-23(19)30(12-6-11-27-17(2)32)24(20)25(3,29-16)21-14-18(26)9-10-22(21)28-15-31/h4-5,7-10,14-16,29H,6,11-13H2,1-3H3,(H,27,32)(H,28,31)/t16-,25+/m0/s1. The lowest BCUT2D eigenvalue weighted by molar-refractivity contribution is -0.119. The first kappa shape index (κ1) is 22.4. The van der Waals surface area contributed by atoms with Gasteiger partial charge in [-0.3, -0.25) is 14.9 Å². The van der Waals surface area contributed by atoms with Crippen LogP contribution in [0.15, 0.2) is 42.5 Å². The molecular formula is C25H29ClN4O2. The number of nitrogens with zero attached hydrogens (tertiary/aromatic N) is 1. The van der Waals surface area contributed by atoms with Crippen molar-refractivity contribution >= 4 is 40.5 Å². The summed E-state index contributed by atoms with van der Waals surface area (Å²) >= 11 is 6.42. The molecule has 3 aromatic rings. The number of halogens is 1. The fourth-order valence-electron chi connectivity index (χ4n) is 5.13. The molecule has 0 spiro atoms. The predicted molar refractivity (Wildman–Crippen MR) is 129 cm³/mol. The minimum absolute atomic E-state index is 0.0202. The van der Waals surface area contributed by atoms with Crippen molar-refractivity contribution in [2.45, 2.75) is 51.7 Å². The Morgan fingerprint density at radius 2 is 2.09 bits per heavy atom. The van der Waals surface area contributed by atoms with Crippen LogP contribution in [0.3, 0.4) is 0 Å². The molecule has 0 fully saturated rings. The van der Waals surface area contributed by atoms with Crippen LogP contribution in [0.2, 0.25) is 5.02 Å². The van der Waals surface area contributed by atoms with E-state index in [1.54, 1.807) is 6.07 Å². The Hall–Kier alpha value is -2.83. The maximum Gasteiger partial charge on any atom is 0.216 e. The van der Waals surface area contributed by atoms with Crippen LogP contribution in [0, 0.1) is 0 Å². The van der Waals surface area contributed by atoms with Crippen LogP contribution in [-0.2, 0) is 28.1 Å². The van der Waals surface area contributed by atoms with Gasteiger partial charge in [0.05, 0.1) is 5.54 Å². The molecule has 32 heavy (non-hydrogen) atoms. The number of rotatable bonds is 7. The molecule has 168 valence electrons. The van der Waals surface area contributed by atoms with Crippen molar-refractivity contribution in [3.63, 3.8) is 0 Å². The largest absolute Gasteiger partial charge is 0.356 e. The van der Waals surface area contributed by atoms with Gasteiger partial charge in [-0.1, -0.05) is 29.8 Å². The van der Waals surface area contributed by atoms with E-state index < -0.39 is 5.54 Å². The van der Waals surface area contributed by atoms with Crippen LogP contribution in [0.1, 0.15) is 44.0 Å². The van der Waals surface area contributed by atoms with Gasteiger partial charge >= 0.3 is 0 Å². The van der Waals surface area contributed by atoms with Gasteiger partial charge in [0.25, 0.3) is 0 Å². The van der Waals surface area contributed by atoms with Crippen LogP contribution < -0.4 is 16.0 Å². The van der Waals surface area contributed by atoms with Crippen LogP contribution in [0.5, 0.6) is 0 Å². The van der Waals surface area contributed by atoms with Crippen molar-refractivity contribution in [3.8, 4) is 0 Å². The van der Waals surface area contributed by atoms with Crippen molar-refractivity contribution in [1.29, 1.82) is 0 Å². The van der Waals surface area contributed by atoms with Gasteiger partial charge in [-0.2, -0.15) is 0 Å². The summed E-state index contributed by atoms with van der Waals surface area (Å²) < 4.78 is 2.36. The summed E-state index contributed by atoms with van der Waals surface area (Å²) in [6.45, 7) is 7.26. The SMILES string of the molecule is CC(=O)NCCCn1c2c(c3ccccc31)C[C@H](C)N[C@]2(C)c1cc(Cl)ccc1NC=O. The molecule has 4 rings (SSSR count). The van der Waals surface area contributed by atoms with Crippen LogP contribution >= 0.6 is 11.6 Å². The molecule has 0 saturated heterocycles. The van der Waals surface area contributed by atoms with Gasteiger partial charge in [-0.25, -0.2) is 0 Å². The molecule has 2 heterocycles. The lowest BCUT2D eigenvalue weighted by Crippen LogP contribution is -2.51. The Morgan fingerprint density at radius 1 is 1.31 bits per heavy atom. The maximum absolute atomic E-state index is 11.3. The topological polar surface area (TPSA) is 75.2 Å². The average Bonchev–Trinajstić information content (AvgIpc) is 3.07. The number of amides is 2. The number of carbonyl (C=O) groups is 2. The summed E-state index contributed by atoms with van der Waals surface area (Å²) in [5.74, 6) is -0.0202. The number of para-hydroxylation sites is 1. The summed E-state index contributed by atoms with van der Waals surface area (Å²) in [6.07, 6.45) is 2.42. The molecule has 3 N–H and O–H groups in total. The van der Waals surface area contributed by atoms with Crippen molar-refractivity contribution in [2.75, 3.05) is 11.9 Å². The number of hydrogen-bond donors (Lipinski definition) is 3. The fraction of sp³-hybridized carbons (Fsp3) is 0.360. The highest BCUT2D eigenvalue weighted by Crippen LogP contribution is 2.44. The van der Waals surface area contributed by atoms with E-state index in [1.807, 2.05) is 12.1 Å². The molecule has 1 aliphatic rings. The number of aryl methyl sites for hydroxylation is 1. The Labute approximate surface area is 193 Å². The molecule has 2 amide bonds. The smallest absolute Gasteiger partial charge is 0.216 e. The van der Waals surface area contributed by atoms with Gasteiger partial charge in [0.1, 0.15) is 0 Å². The zero-order valence-electron chi connectivity index (χ0n) is 18.7. The molecule has 2 aromatic carbocycles. The van der Waals surface area contributed by atoms with Crippen LogP contribution in [0.4, 0.5) is 5.69 Å². The molecule has 0 radical (unpaired) electrons. The van der Waals surface area contributed by atoms with E-state index in [9.17, 15) is 9.59 Å². The maximum atomic E-state index is 11.3. The molecule has 1 aromatic heterocycles. The first-order valence-corrected chi connectivity index (χ1v) is 11.4. The third-order valence-electron chi connectivity index (χ3n) is 6.26. The minimum Gasteiger partial charge on any atom is -0.356 e. The molecule has 6 nitrogen and oxygen atoms in total. The second-order valence-corrected chi connectivity index (χ2v) is 9.10. The second kappa shape index (κ2) is 8.96. The molecule has 1 aliphatic heterocycles. The van der Waals surface area contributed by atoms with E-state index in [0.29, 0.717) is 18.0 Å². The van der Waals surface area contributed by atoms with E-state index in [2.05, 4.69) is 58.6 Å². The van der Waals surface area contributed by atoms with Gasteiger partial charge in [0.2, 0.25) is 12.3 Å². The second-order valence-electron chi connectivity index (χ2n) is 8.66. The summed E-state index contributed by atoms with van der Waals surface area (Å²) in [4.78, 5) is 22.7. The highest BCUT2D eigenvalue weighted by molar-refractivity contribution is 6.30. The number of carbonyl (C=O) groups excluding carboxylic acids is 2. The molecular weight excluding hydrogens is 424 g/mol. The Bertz CT molecular complexity index is 1170. The third kappa shape index (κ3) is 4.00. The number of anilines is 1. The lowest BCUT2D eigenvalue weighted by atomic mass is 9.79. The number of nitrogens with one attached hydrogen (secondary N) is 3. The molecule has 2 atom stereocenters. The third-order valence-corrected chi connectivity index (χ3v) is 6.50. The Kier molecular flexibility index (Phi) is 6.26. The van der Waals surface area contributed by atoms with Gasteiger partial charge in [-0.15, -0.1) is 0 Å². The van der Waals surface area contributed by atoms with Crippen molar-refractivity contribution < 1.29 is 9.59 Å². The monoisotopic (exact) mass is 452 g/mol. The van der Waals surface area contributed by atoms with E-state index in [-0.39, 0.29) is 11.9 Å². The van der Waals surface area contributed by atoms with Crippen molar-refractivity contribution in [1.82, 2.24) is 15.2 Å². The summed E-state index contributed by atoms with van der Waals surface area (Å²) in [5.41, 5.74) is 4.75. The van der Waals surface area contributed by atoms with Gasteiger partial charge in [0, 0.05) is 58.9 Å². The molecule has 0 bridgehead atoms. The zero-order chi connectivity index (χ0) is 22.9. The van der Waals surface area contributed by atoms with Crippen molar-refractivity contribution in [2.24, 2.45) is 0 Å². The first-order valence-electron chi connectivity index (χ1n) is 11.0. The van der Waals surface area contributed by atoms with Gasteiger partial charge in [0.15, 0.2) is 0 Å². The average molecular weight is 453 g/mol. The molecule has 0 aliphatic carbocycles. The number of fused-ring (bicyclic) bond motifs is 3. The molecule has 0 saturated carbocycles. The summed E-state index contributed by atoms with van der Waals surface area (Å²) in [6, 6.07) is 14.3. The molecule has 7 heteroatoms. The zero-order valence-corrected chi connectivity index (χ0v) is 19.4. The van der Waals surface area contributed by atoms with Gasteiger partial charge in [-0.05, 0) is 56.5 Å². The highest BCUT2D eigenvalue weighted by atomic mass is 35.5. The molecule has 0 unspecified atom stereocenters. The van der Waals surface area contributed by atoms with Crippen LogP contribution in [0.25, 0.3) is 10.9 Å². The Balaban J connectivity index is 1.91. The van der Waals surface area contributed by atoms with E-state index in [0.717, 1.165) is 30.6 Å². The number of aromatic nitrogens is 1. The normalized spacial score (nSPS) is 20.1. The van der Waals surface area contributed by atoms with E-state index in [4.69, 9.17) is 11.6 Å². The van der Waals surface area contributed by atoms with Gasteiger partial charge < -0.3 is 15.2 Å². The fourth-order valence-corrected chi connectivity index (χ4v) is 5.30. The minimum atomic E-state index is -0.573. The number of benzene rings is 2. The Morgan fingerprint density at radius 3 is 2.84 bits per heavy atom. The predicted octanol–water partition coefficient (Wildman–Crippen LogP) is 4.19. The van der Waals surface area contributed by atoms with Crippen molar-refractivity contribution in [3.05, 3.63) is 64.3 Å².